The number of aryl methyl sites for hydroxylation is 2. The third-order valence-electron chi connectivity index (χ3n) is 6.45. The lowest BCUT2D eigenvalue weighted by atomic mass is 10.1. The van der Waals surface area contributed by atoms with Gasteiger partial charge in [0.2, 0.25) is 5.91 Å². The minimum absolute atomic E-state index is 0.00135. The van der Waals surface area contributed by atoms with Crippen LogP contribution in [0.3, 0.4) is 0 Å². The SMILES string of the molecule is Cc1ccc(OCCn2c([C@H]3CC(=O)N(Cc4ccc(F)cc4)C3)nc3ccccc32)c(C)c1. The zero-order chi connectivity index (χ0) is 23.7. The van der Waals surface area contributed by atoms with Crippen molar-refractivity contribution in [3.63, 3.8) is 0 Å². The summed E-state index contributed by atoms with van der Waals surface area (Å²) in [6, 6.07) is 20.6. The molecule has 0 bridgehead atoms. The fourth-order valence-corrected chi connectivity index (χ4v) is 4.76. The number of rotatable bonds is 7. The van der Waals surface area contributed by atoms with Crippen LogP contribution in [0, 0.1) is 19.7 Å². The van der Waals surface area contributed by atoms with E-state index in [9.17, 15) is 9.18 Å². The molecule has 0 radical (unpaired) electrons. The first kappa shape index (κ1) is 22.1. The van der Waals surface area contributed by atoms with Crippen LogP contribution in [0.4, 0.5) is 4.39 Å². The summed E-state index contributed by atoms with van der Waals surface area (Å²) < 4.78 is 21.6. The zero-order valence-electron chi connectivity index (χ0n) is 19.5. The number of fused-ring (bicyclic) bond motifs is 1. The van der Waals surface area contributed by atoms with Crippen LogP contribution < -0.4 is 4.74 Å². The lowest BCUT2D eigenvalue weighted by Gasteiger charge is -2.18. The van der Waals surface area contributed by atoms with E-state index in [2.05, 4.69) is 36.6 Å². The number of para-hydroxylation sites is 2. The van der Waals surface area contributed by atoms with E-state index < -0.39 is 0 Å². The predicted molar refractivity (Wildman–Crippen MR) is 130 cm³/mol. The van der Waals surface area contributed by atoms with Gasteiger partial charge in [-0.15, -0.1) is 0 Å². The van der Waals surface area contributed by atoms with Crippen molar-refractivity contribution in [3.8, 4) is 5.75 Å². The molecule has 1 aliphatic heterocycles. The largest absolute Gasteiger partial charge is 0.491 e. The lowest BCUT2D eigenvalue weighted by molar-refractivity contribution is -0.128. The normalized spacial score (nSPS) is 15.9. The molecule has 0 N–H and O–H groups in total. The van der Waals surface area contributed by atoms with Gasteiger partial charge in [-0.05, 0) is 55.3 Å². The van der Waals surface area contributed by atoms with E-state index in [4.69, 9.17) is 9.72 Å². The Kier molecular flexibility index (Phi) is 6.05. The number of halogens is 1. The molecule has 1 aromatic heterocycles. The molecule has 0 spiro atoms. The quantitative estimate of drug-likeness (QED) is 0.374. The second kappa shape index (κ2) is 9.29. The van der Waals surface area contributed by atoms with Crippen molar-refractivity contribution in [2.45, 2.75) is 39.3 Å². The van der Waals surface area contributed by atoms with Crippen LogP contribution in [0.1, 0.15) is 34.9 Å². The number of hydrogen-bond acceptors (Lipinski definition) is 3. The number of aromatic nitrogens is 2. The molecule has 1 fully saturated rings. The minimum atomic E-state index is -0.272. The summed E-state index contributed by atoms with van der Waals surface area (Å²) in [6.07, 6.45) is 0.419. The third kappa shape index (κ3) is 4.53. The fourth-order valence-electron chi connectivity index (χ4n) is 4.76. The maximum absolute atomic E-state index is 13.3. The highest BCUT2D eigenvalue weighted by molar-refractivity contribution is 5.81. The van der Waals surface area contributed by atoms with E-state index >= 15 is 0 Å². The Morgan fingerprint density at radius 3 is 2.65 bits per heavy atom. The highest BCUT2D eigenvalue weighted by atomic mass is 19.1. The first-order valence-corrected chi connectivity index (χ1v) is 11.7. The molecular formula is C28H28FN3O2. The second-order valence-electron chi connectivity index (χ2n) is 9.03. The minimum Gasteiger partial charge on any atom is -0.491 e. The van der Waals surface area contributed by atoms with Crippen LogP contribution in [0.25, 0.3) is 11.0 Å². The van der Waals surface area contributed by atoms with E-state index in [1.54, 1.807) is 12.1 Å². The van der Waals surface area contributed by atoms with E-state index in [1.807, 2.05) is 29.2 Å². The summed E-state index contributed by atoms with van der Waals surface area (Å²) in [5.41, 5.74) is 5.22. The Balaban J connectivity index is 1.35. The molecule has 1 aliphatic rings. The number of hydrogen-bond donors (Lipinski definition) is 0. The fraction of sp³-hybridized carbons (Fsp3) is 0.286. The summed E-state index contributed by atoms with van der Waals surface area (Å²) in [4.78, 5) is 19.6. The van der Waals surface area contributed by atoms with Crippen molar-refractivity contribution in [2.24, 2.45) is 0 Å². The van der Waals surface area contributed by atoms with Crippen molar-refractivity contribution < 1.29 is 13.9 Å². The topological polar surface area (TPSA) is 47.4 Å². The van der Waals surface area contributed by atoms with Gasteiger partial charge < -0.3 is 14.2 Å². The van der Waals surface area contributed by atoms with E-state index in [1.165, 1.54) is 17.7 Å². The first-order chi connectivity index (χ1) is 16.5. The summed E-state index contributed by atoms with van der Waals surface area (Å²) in [7, 11) is 0. The number of carbonyl (C=O) groups is 1. The standard InChI is InChI=1S/C28H28FN3O2/c1-19-7-12-26(20(2)15-19)34-14-13-32-25-6-4-3-5-24(25)30-28(32)22-16-27(33)31(18-22)17-21-8-10-23(29)11-9-21/h3-12,15,22H,13-14,16-18H2,1-2H3/t22-/m0/s1. The molecule has 2 heterocycles. The van der Waals surface area contributed by atoms with Crippen LogP contribution in [0.5, 0.6) is 5.75 Å². The molecule has 0 unspecified atom stereocenters. The number of imidazole rings is 1. The van der Waals surface area contributed by atoms with Gasteiger partial charge in [0.05, 0.1) is 17.6 Å². The van der Waals surface area contributed by atoms with Crippen molar-refractivity contribution >= 4 is 16.9 Å². The summed E-state index contributed by atoms with van der Waals surface area (Å²) in [5.74, 6) is 1.63. The third-order valence-corrected chi connectivity index (χ3v) is 6.45. The number of nitrogens with zero attached hydrogens (tertiary/aromatic N) is 3. The van der Waals surface area contributed by atoms with Gasteiger partial charge in [0, 0.05) is 25.4 Å². The number of likely N-dealkylation sites (tertiary alicyclic amines) is 1. The second-order valence-corrected chi connectivity index (χ2v) is 9.03. The Hall–Kier alpha value is -3.67. The van der Waals surface area contributed by atoms with Gasteiger partial charge in [0.1, 0.15) is 24.0 Å². The maximum Gasteiger partial charge on any atom is 0.223 e. The van der Waals surface area contributed by atoms with Crippen molar-refractivity contribution in [1.29, 1.82) is 0 Å². The number of ether oxygens (including phenoxy) is 1. The summed E-state index contributed by atoms with van der Waals surface area (Å²) in [6.45, 7) is 6.36. The van der Waals surface area contributed by atoms with Gasteiger partial charge in [-0.1, -0.05) is 42.0 Å². The Morgan fingerprint density at radius 2 is 1.85 bits per heavy atom. The molecule has 5 rings (SSSR count). The Labute approximate surface area is 198 Å². The maximum atomic E-state index is 13.3. The Bertz CT molecular complexity index is 1330. The predicted octanol–water partition coefficient (Wildman–Crippen LogP) is 5.39. The molecule has 3 aromatic carbocycles. The van der Waals surface area contributed by atoms with E-state index in [0.29, 0.717) is 32.7 Å². The lowest BCUT2D eigenvalue weighted by Crippen LogP contribution is -2.24. The molecule has 1 atom stereocenters. The van der Waals surface area contributed by atoms with Gasteiger partial charge in [0.15, 0.2) is 0 Å². The highest BCUT2D eigenvalue weighted by Crippen LogP contribution is 2.31. The average Bonchev–Trinajstić information content (AvgIpc) is 3.37. The molecule has 1 amide bonds. The van der Waals surface area contributed by atoms with Crippen molar-refractivity contribution in [3.05, 3.63) is 95.1 Å². The molecule has 174 valence electrons. The van der Waals surface area contributed by atoms with Gasteiger partial charge in [-0.25, -0.2) is 9.37 Å². The Morgan fingerprint density at radius 1 is 1.06 bits per heavy atom. The number of amides is 1. The van der Waals surface area contributed by atoms with E-state index in [0.717, 1.165) is 33.7 Å². The summed E-state index contributed by atoms with van der Waals surface area (Å²) in [5, 5.41) is 0. The van der Waals surface area contributed by atoms with Crippen molar-refractivity contribution in [1.82, 2.24) is 14.5 Å². The molecule has 5 nitrogen and oxygen atoms in total. The van der Waals surface area contributed by atoms with Gasteiger partial charge >= 0.3 is 0 Å². The summed E-state index contributed by atoms with van der Waals surface area (Å²) >= 11 is 0. The number of benzene rings is 3. The molecular weight excluding hydrogens is 429 g/mol. The molecule has 34 heavy (non-hydrogen) atoms. The van der Waals surface area contributed by atoms with Gasteiger partial charge in [-0.3, -0.25) is 4.79 Å². The van der Waals surface area contributed by atoms with Crippen LogP contribution in [0.15, 0.2) is 66.7 Å². The smallest absolute Gasteiger partial charge is 0.223 e. The molecule has 0 saturated carbocycles. The van der Waals surface area contributed by atoms with Crippen LogP contribution in [-0.2, 0) is 17.9 Å². The van der Waals surface area contributed by atoms with Crippen LogP contribution in [0.2, 0.25) is 0 Å². The van der Waals surface area contributed by atoms with Crippen LogP contribution >= 0.6 is 0 Å². The van der Waals surface area contributed by atoms with Gasteiger partial charge in [-0.2, -0.15) is 0 Å². The molecule has 1 saturated heterocycles. The van der Waals surface area contributed by atoms with Crippen molar-refractivity contribution in [2.75, 3.05) is 13.2 Å². The monoisotopic (exact) mass is 457 g/mol. The zero-order valence-corrected chi connectivity index (χ0v) is 19.5. The molecule has 4 aromatic rings. The van der Waals surface area contributed by atoms with Crippen LogP contribution in [-0.4, -0.2) is 33.5 Å². The van der Waals surface area contributed by atoms with E-state index in [-0.39, 0.29) is 17.6 Å². The molecule has 6 heteroatoms. The number of carbonyl (C=O) groups excluding carboxylic acids is 1. The molecule has 0 aliphatic carbocycles. The van der Waals surface area contributed by atoms with Gasteiger partial charge in [0.25, 0.3) is 0 Å². The average molecular weight is 458 g/mol. The highest BCUT2D eigenvalue weighted by Gasteiger charge is 2.34. The first-order valence-electron chi connectivity index (χ1n) is 11.7.